The van der Waals surface area contributed by atoms with Crippen LogP contribution in [0.1, 0.15) is 39.2 Å². The van der Waals surface area contributed by atoms with E-state index in [1.165, 1.54) is 23.1 Å². The Morgan fingerprint density at radius 2 is 1.89 bits per heavy atom. The Labute approximate surface area is 219 Å². The fraction of sp³-hybridized carbons (Fsp3) is 0.357. The van der Waals surface area contributed by atoms with Gasteiger partial charge in [-0.05, 0) is 66.6 Å². The van der Waals surface area contributed by atoms with Gasteiger partial charge >= 0.3 is 0 Å². The molecule has 1 atom stereocenters. The summed E-state index contributed by atoms with van der Waals surface area (Å²) in [5.41, 5.74) is 1.94. The number of rotatable bonds is 9. The van der Waals surface area contributed by atoms with Gasteiger partial charge in [0.05, 0.1) is 18.2 Å². The van der Waals surface area contributed by atoms with Gasteiger partial charge in [0, 0.05) is 24.6 Å². The van der Waals surface area contributed by atoms with E-state index < -0.39 is 11.7 Å². The molecule has 3 aromatic rings. The Morgan fingerprint density at radius 1 is 1.05 bits per heavy atom. The Balaban J connectivity index is 1.39. The molecular weight excluding hydrogens is 495 g/mol. The predicted octanol–water partition coefficient (Wildman–Crippen LogP) is 4.77. The summed E-state index contributed by atoms with van der Waals surface area (Å²) in [6.45, 7) is 3.59. The third kappa shape index (κ3) is 5.94. The normalized spacial score (nSPS) is 16.1. The number of aryl methyl sites for hydroxylation is 1. The molecule has 0 N–H and O–H groups in total. The number of hydrogen-bond acceptors (Lipinski definition) is 6. The lowest BCUT2D eigenvalue weighted by molar-refractivity contribution is -0.133. The van der Waals surface area contributed by atoms with Crippen molar-refractivity contribution in [3.63, 3.8) is 0 Å². The largest absolute Gasteiger partial charge is 0.454 e. The second-order valence-electron chi connectivity index (χ2n) is 9.26. The van der Waals surface area contributed by atoms with Crippen LogP contribution < -0.4 is 9.47 Å². The third-order valence-electron chi connectivity index (χ3n) is 6.63. The summed E-state index contributed by atoms with van der Waals surface area (Å²) in [6, 6.07) is 13.5. The van der Waals surface area contributed by atoms with Gasteiger partial charge in [0.15, 0.2) is 11.5 Å². The van der Waals surface area contributed by atoms with Gasteiger partial charge in [-0.2, -0.15) is 0 Å². The van der Waals surface area contributed by atoms with Crippen LogP contribution in [0.2, 0.25) is 0 Å². The molecule has 2 amide bonds. The number of fused-ring (bicyclic) bond motifs is 1. The molecule has 0 saturated carbocycles. The summed E-state index contributed by atoms with van der Waals surface area (Å²) in [5.74, 6) is -0.0324. The molecule has 3 heterocycles. The lowest BCUT2D eigenvalue weighted by Gasteiger charge is -2.29. The van der Waals surface area contributed by atoms with Crippen LogP contribution in [0.5, 0.6) is 11.5 Å². The summed E-state index contributed by atoms with van der Waals surface area (Å²) in [5, 5.41) is 2.00. The summed E-state index contributed by atoms with van der Waals surface area (Å²) in [4.78, 5) is 31.4. The van der Waals surface area contributed by atoms with Crippen LogP contribution in [0, 0.1) is 12.7 Å². The van der Waals surface area contributed by atoms with E-state index in [2.05, 4.69) is 0 Å². The maximum absolute atomic E-state index is 14.5. The number of carbonyl (C=O) groups excluding carboxylic acids is 2. The molecule has 0 aliphatic carbocycles. The molecule has 7 nitrogen and oxygen atoms in total. The topological polar surface area (TPSA) is 68.3 Å². The molecule has 9 heteroatoms. The van der Waals surface area contributed by atoms with E-state index in [1.807, 2.05) is 36.6 Å². The minimum Gasteiger partial charge on any atom is -0.454 e. The highest BCUT2D eigenvalue weighted by Gasteiger charge is 2.29. The smallest absolute Gasteiger partial charge is 0.257 e. The third-order valence-corrected chi connectivity index (χ3v) is 7.64. The minimum absolute atomic E-state index is 0.0512. The lowest BCUT2D eigenvalue weighted by Crippen LogP contribution is -2.45. The highest BCUT2D eigenvalue weighted by molar-refractivity contribution is 7.10. The van der Waals surface area contributed by atoms with Crippen LogP contribution in [0.4, 0.5) is 4.39 Å². The van der Waals surface area contributed by atoms with E-state index in [0.717, 1.165) is 28.8 Å². The van der Waals surface area contributed by atoms with Crippen molar-refractivity contribution in [2.24, 2.45) is 0 Å². The molecule has 0 spiro atoms. The fourth-order valence-corrected chi connectivity index (χ4v) is 5.47. The number of nitrogens with zero attached hydrogens (tertiary/aromatic N) is 2. The lowest BCUT2D eigenvalue weighted by atomic mass is 10.1. The molecule has 0 bridgehead atoms. The summed E-state index contributed by atoms with van der Waals surface area (Å²) >= 11 is 1.59. The van der Waals surface area contributed by atoms with Gasteiger partial charge in [-0.3, -0.25) is 9.59 Å². The van der Waals surface area contributed by atoms with Gasteiger partial charge in [-0.1, -0.05) is 18.2 Å². The zero-order valence-corrected chi connectivity index (χ0v) is 21.5. The highest BCUT2D eigenvalue weighted by atomic mass is 32.1. The van der Waals surface area contributed by atoms with Crippen molar-refractivity contribution in [3.8, 4) is 11.5 Å². The zero-order chi connectivity index (χ0) is 25.8. The van der Waals surface area contributed by atoms with Gasteiger partial charge in [0.1, 0.15) is 12.4 Å². The monoisotopic (exact) mass is 524 g/mol. The summed E-state index contributed by atoms with van der Waals surface area (Å²) < 4.78 is 31.2. The molecule has 1 fully saturated rings. The fourth-order valence-electron chi connectivity index (χ4n) is 4.55. The van der Waals surface area contributed by atoms with E-state index in [-0.39, 0.29) is 37.5 Å². The highest BCUT2D eigenvalue weighted by Crippen LogP contribution is 2.33. The number of halogens is 1. The number of carbonyl (C=O) groups is 2. The molecular formula is C28H29FN2O5S. The quantitative estimate of drug-likeness (QED) is 0.403. The standard InChI is InChI=1S/C28H29FN2O5S/c1-19-10-12-37-26(19)16-30(14-20-8-9-24-25(13-20)36-18-35-24)27(32)17-31(15-21-5-4-11-34-21)28(33)22-6-2-3-7-23(22)29/h2-3,6-10,12-13,21H,4-5,11,14-18H2,1H3. The number of amides is 2. The molecule has 1 unspecified atom stereocenters. The first-order valence-electron chi connectivity index (χ1n) is 12.3. The van der Waals surface area contributed by atoms with Crippen molar-refractivity contribution in [1.82, 2.24) is 9.80 Å². The second kappa shape index (κ2) is 11.3. The van der Waals surface area contributed by atoms with Gasteiger partial charge in [0.25, 0.3) is 5.91 Å². The van der Waals surface area contributed by atoms with Crippen LogP contribution in [-0.4, -0.2) is 54.2 Å². The van der Waals surface area contributed by atoms with E-state index in [4.69, 9.17) is 14.2 Å². The number of benzene rings is 2. The molecule has 1 aromatic heterocycles. The first-order chi connectivity index (χ1) is 18.0. The number of ether oxygens (including phenoxy) is 3. The first kappa shape index (κ1) is 25.2. The molecule has 37 heavy (non-hydrogen) atoms. The van der Waals surface area contributed by atoms with E-state index in [0.29, 0.717) is 31.2 Å². The summed E-state index contributed by atoms with van der Waals surface area (Å²) in [6.07, 6.45) is 1.52. The molecule has 2 aliphatic rings. The average Bonchev–Trinajstić information content (AvgIpc) is 3.66. The van der Waals surface area contributed by atoms with E-state index in [1.54, 1.807) is 22.3 Å². The molecule has 2 aromatic carbocycles. The molecule has 0 radical (unpaired) electrons. The van der Waals surface area contributed by atoms with Gasteiger partial charge in [-0.15, -0.1) is 11.3 Å². The van der Waals surface area contributed by atoms with Gasteiger partial charge < -0.3 is 24.0 Å². The van der Waals surface area contributed by atoms with Crippen molar-refractivity contribution in [3.05, 3.63) is 81.3 Å². The van der Waals surface area contributed by atoms with Crippen molar-refractivity contribution < 1.29 is 28.2 Å². The number of hydrogen-bond donors (Lipinski definition) is 0. The minimum atomic E-state index is -0.608. The Hall–Kier alpha value is -3.43. The predicted molar refractivity (Wildman–Crippen MR) is 137 cm³/mol. The maximum Gasteiger partial charge on any atom is 0.257 e. The SMILES string of the molecule is Cc1ccsc1CN(Cc1ccc2c(c1)OCO2)C(=O)CN(CC1CCCO1)C(=O)c1ccccc1F. The second-order valence-corrected chi connectivity index (χ2v) is 10.3. The van der Waals surface area contributed by atoms with Crippen LogP contribution in [0.3, 0.4) is 0 Å². The van der Waals surface area contributed by atoms with Gasteiger partial charge in [-0.25, -0.2) is 4.39 Å². The van der Waals surface area contributed by atoms with Crippen LogP contribution in [0.15, 0.2) is 53.9 Å². The Kier molecular flexibility index (Phi) is 7.71. The Morgan fingerprint density at radius 3 is 2.65 bits per heavy atom. The maximum atomic E-state index is 14.5. The first-order valence-corrected chi connectivity index (χ1v) is 13.2. The van der Waals surface area contributed by atoms with E-state index in [9.17, 15) is 14.0 Å². The van der Waals surface area contributed by atoms with Crippen molar-refractivity contribution in [1.29, 1.82) is 0 Å². The summed E-state index contributed by atoms with van der Waals surface area (Å²) in [7, 11) is 0. The molecule has 5 rings (SSSR count). The molecule has 1 saturated heterocycles. The van der Waals surface area contributed by atoms with Crippen molar-refractivity contribution in [2.45, 2.75) is 39.0 Å². The molecule has 2 aliphatic heterocycles. The molecule has 194 valence electrons. The zero-order valence-electron chi connectivity index (χ0n) is 20.7. The average molecular weight is 525 g/mol. The van der Waals surface area contributed by atoms with E-state index >= 15 is 0 Å². The Bertz CT molecular complexity index is 1270. The van der Waals surface area contributed by atoms with Crippen molar-refractivity contribution >= 4 is 23.2 Å². The van der Waals surface area contributed by atoms with Crippen LogP contribution >= 0.6 is 11.3 Å². The van der Waals surface area contributed by atoms with Gasteiger partial charge in [0.2, 0.25) is 12.7 Å². The van der Waals surface area contributed by atoms with Crippen molar-refractivity contribution in [2.75, 3.05) is 26.5 Å². The van der Waals surface area contributed by atoms with Crippen LogP contribution in [0.25, 0.3) is 0 Å². The van der Waals surface area contributed by atoms with Crippen LogP contribution in [-0.2, 0) is 22.6 Å². The number of thiophene rings is 1.